The molecule has 1 aliphatic heterocycles. The zero-order valence-corrected chi connectivity index (χ0v) is 10.2. The van der Waals surface area contributed by atoms with Crippen molar-refractivity contribution in [3.05, 3.63) is 18.7 Å². The number of carboxylic acid groups (broad SMARTS) is 1. The van der Waals surface area contributed by atoms with E-state index in [0.29, 0.717) is 32.5 Å². The molecule has 1 fully saturated rings. The average Bonchev–Trinajstić information content (AvgIpc) is 2.89. The molecule has 2 heterocycles. The number of rotatable bonds is 4. The van der Waals surface area contributed by atoms with Crippen LogP contribution in [0.25, 0.3) is 0 Å². The molecule has 0 radical (unpaired) electrons. The number of hydrogen-bond acceptors (Lipinski definition) is 3. The van der Waals surface area contributed by atoms with E-state index >= 15 is 0 Å². The molecule has 0 aliphatic carbocycles. The van der Waals surface area contributed by atoms with Gasteiger partial charge in [0.2, 0.25) is 5.91 Å². The van der Waals surface area contributed by atoms with Gasteiger partial charge in [0, 0.05) is 38.4 Å². The molecule has 0 saturated carbocycles. The summed E-state index contributed by atoms with van der Waals surface area (Å²) in [6.07, 6.45) is 6.98. The maximum Gasteiger partial charge on any atom is 0.308 e. The largest absolute Gasteiger partial charge is 0.481 e. The summed E-state index contributed by atoms with van der Waals surface area (Å²) in [5, 5.41) is 8.97. The van der Waals surface area contributed by atoms with Crippen LogP contribution in [0.15, 0.2) is 18.7 Å². The Balaban J connectivity index is 1.83. The zero-order chi connectivity index (χ0) is 13.0. The number of amides is 1. The van der Waals surface area contributed by atoms with E-state index in [1.165, 1.54) is 0 Å². The first-order valence-corrected chi connectivity index (χ1v) is 6.13. The standard InChI is InChI=1S/C12H17N3O3/c16-11(3-6-14-7-4-13-9-14)15-5-1-2-10(8-15)12(17)18/h4,7,9-10H,1-3,5-6,8H2,(H,17,18). The predicted molar refractivity (Wildman–Crippen MR) is 63.8 cm³/mol. The SMILES string of the molecule is O=C(O)C1CCCN(C(=O)CCn2ccnc2)C1. The van der Waals surface area contributed by atoms with Gasteiger partial charge < -0.3 is 14.6 Å². The van der Waals surface area contributed by atoms with Crippen LogP contribution < -0.4 is 0 Å². The Morgan fingerprint density at radius 2 is 2.28 bits per heavy atom. The summed E-state index contributed by atoms with van der Waals surface area (Å²) in [7, 11) is 0. The lowest BCUT2D eigenvalue weighted by atomic mass is 9.98. The quantitative estimate of drug-likeness (QED) is 0.850. The van der Waals surface area contributed by atoms with Crippen LogP contribution in [0, 0.1) is 5.92 Å². The van der Waals surface area contributed by atoms with Crippen molar-refractivity contribution < 1.29 is 14.7 Å². The highest BCUT2D eigenvalue weighted by Crippen LogP contribution is 2.17. The van der Waals surface area contributed by atoms with Crippen molar-refractivity contribution in [3.63, 3.8) is 0 Å². The van der Waals surface area contributed by atoms with Gasteiger partial charge in [-0.2, -0.15) is 0 Å². The molecule has 1 aliphatic rings. The summed E-state index contributed by atoms with van der Waals surface area (Å²) in [5.74, 6) is -1.19. The molecule has 1 unspecified atom stereocenters. The number of nitrogens with zero attached hydrogens (tertiary/aromatic N) is 3. The van der Waals surface area contributed by atoms with Crippen molar-refractivity contribution in [2.75, 3.05) is 13.1 Å². The summed E-state index contributed by atoms with van der Waals surface area (Å²) >= 11 is 0. The molecule has 1 aromatic rings. The molecular weight excluding hydrogens is 234 g/mol. The van der Waals surface area contributed by atoms with Gasteiger partial charge in [0.1, 0.15) is 0 Å². The molecule has 98 valence electrons. The van der Waals surface area contributed by atoms with Gasteiger partial charge >= 0.3 is 5.97 Å². The van der Waals surface area contributed by atoms with Crippen molar-refractivity contribution in [2.24, 2.45) is 5.92 Å². The van der Waals surface area contributed by atoms with E-state index in [1.54, 1.807) is 17.4 Å². The van der Waals surface area contributed by atoms with Crippen LogP contribution in [0.3, 0.4) is 0 Å². The topological polar surface area (TPSA) is 75.4 Å². The Hall–Kier alpha value is -1.85. The van der Waals surface area contributed by atoms with Crippen molar-refractivity contribution in [1.82, 2.24) is 14.5 Å². The van der Waals surface area contributed by atoms with E-state index in [9.17, 15) is 9.59 Å². The molecule has 1 atom stereocenters. The molecule has 0 aromatic carbocycles. The van der Waals surface area contributed by atoms with E-state index < -0.39 is 11.9 Å². The molecular formula is C12H17N3O3. The number of aliphatic carboxylic acids is 1. The van der Waals surface area contributed by atoms with E-state index in [0.717, 1.165) is 6.42 Å². The summed E-state index contributed by atoms with van der Waals surface area (Å²) in [6.45, 7) is 1.61. The molecule has 0 spiro atoms. The fourth-order valence-electron chi connectivity index (χ4n) is 2.21. The maximum atomic E-state index is 12.0. The second-order valence-electron chi connectivity index (χ2n) is 4.57. The number of piperidine rings is 1. The summed E-state index contributed by atoms with van der Waals surface area (Å²) in [4.78, 5) is 28.5. The maximum absolute atomic E-state index is 12.0. The molecule has 2 rings (SSSR count). The Labute approximate surface area is 105 Å². The lowest BCUT2D eigenvalue weighted by Gasteiger charge is -2.30. The van der Waals surface area contributed by atoms with E-state index in [1.807, 2.05) is 10.8 Å². The van der Waals surface area contributed by atoms with Crippen LogP contribution in [0.5, 0.6) is 0 Å². The van der Waals surface area contributed by atoms with Crippen LogP contribution in [-0.2, 0) is 16.1 Å². The van der Waals surface area contributed by atoms with Gasteiger partial charge in [-0.1, -0.05) is 0 Å². The van der Waals surface area contributed by atoms with Crippen LogP contribution in [0.2, 0.25) is 0 Å². The van der Waals surface area contributed by atoms with E-state index in [-0.39, 0.29) is 5.91 Å². The van der Waals surface area contributed by atoms with Gasteiger partial charge in [-0.05, 0) is 12.8 Å². The number of carbonyl (C=O) groups excluding carboxylic acids is 1. The van der Waals surface area contributed by atoms with Gasteiger partial charge in [-0.15, -0.1) is 0 Å². The Bertz CT molecular complexity index is 416. The summed E-state index contributed by atoms with van der Waals surface area (Å²) in [6, 6.07) is 0. The van der Waals surface area contributed by atoms with Gasteiger partial charge in [0.25, 0.3) is 0 Å². The minimum Gasteiger partial charge on any atom is -0.481 e. The smallest absolute Gasteiger partial charge is 0.308 e. The number of aromatic nitrogens is 2. The fourth-order valence-corrected chi connectivity index (χ4v) is 2.21. The first-order chi connectivity index (χ1) is 8.66. The van der Waals surface area contributed by atoms with Crippen molar-refractivity contribution >= 4 is 11.9 Å². The number of likely N-dealkylation sites (tertiary alicyclic amines) is 1. The predicted octanol–water partition coefficient (Wildman–Crippen LogP) is 0.596. The zero-order valence-electron chi connectivity index (χ0n) is 10.2. The minimum atomic E-state index is -0.804. The van der Waals surface area contributed by atoms with E-state index in [2.05, 4.69) is 4.98 Å². The van der Waals surface area contributed by atoms with Gasteiger partial charge in [0.05, 0.1) is 12.2 Å². The first-order valence-electron chi connectivity index (χ1n) is 6.13. The van der Waals surface area contributed by atoms with Gasteiger partial charge in [0.15, 0.2) is 0 Å². The number of aryl methyl sites for hydroxylation is 1. The number of hydrogen-bond donors (Lipinski definition) is 1. The van der Waals surface area contributed by atoms with Crippen molar-refractivity contribution in [2.45, 2.75) is 25.8 Å². The third kappa shape index (κ3) is 3.09. The van der Waals surface area contributed by atoms with E-state index in [4.69, 9.17) is 5.11 Å². The molecule has 6 nitrogen and oxygen atoms in total. The molecule has 6 heteroatoms. The normalized spacial score (nSPS) is 19.8. The number of imidazole rings is 1. The van der Waals surface area contributed by atoms with Crippen molar-refractivity contribution in [3.8, 4) is 0 Å². The Kier molecular flexibility index (Phi) is 3.96. The highest BCUT2D eigenvalue weighted by atomic mass is 16.4. The molecule has 1 amide bonds. The molecule has 18 heavy (non-hydrogen) atoms. The third-order valence-electron chi connectivity index (χ3n) is 3.27. The molecule has 1 N–H and O–H groups in total. The molecule has 1 saturated heterocycles. The monoisotopic (exact) mass is 251 g/mol. The highest BCUT2D eigenvalue weighted by molar-refractivity contribution is 5.78. The Morgan fingerprint density at radius 3 is 2.94 bits per heavy atom. The van der Waals surface area contributed by atoms with Gasteiger partial charge in [-0.25, -0.2) is 4.98 Å². The third-order valence-corrected chi connectivity index (χ3v) is 3.27. The highest BCUT2D eigenvalue weighted by Gasteiger charge is 2.27. The Morgan fingerprint density at radius 1 is 1.44 bits per heavy atom. The number of carboxylic acids is 1. The minimum absolute atomic E-state index is 0.0228. The van der Waals surface area contributed by atoms with Gasteiger partial charge in [-0.3, -0.25) is 9.59 Å². The molecule has 1 aromatic heterocycles. The van der Waals surface area contributed by atoms with Crippen LogP contribution in [-0.4, -0.2) is 44.5 Å². The van der Waals surface area contributed by atoms with Crippen LogP contribution >= 0.6 is 0 Å². The van der Waals surface area contributed by atoms with Crippen molar-refractivity contribution in [1.29, 1.82) is 0 Å². The summed E-state index contributed by atoms with van der Waals surface area (Å²) < 4.78 is 1.84. The second kappa shape index (κ2) is 5.66. The summed E-state index contributed by atoms with van der Waals surface area (Å²) in [5.41, 5.74) is 0. The second-order valence-corrected chi connectivity index (χ2v) is 4.57. The lowest BCUT2D eigenvalue weighted by molar-refractivity contribution is -0.145. The molecule has 0 bridgehead atoms. The fraction of sp³-hybridized carbons (Fsp3) is 0.583. The first kappa shape index (κ1) is 12.6. The van der Waals surface area contributed by atoms with Crippen LogP contribution in [0.4, 0.5) is 0 Å². The number of carbonyl (C=O) groups is 2. The lowest BCUT2D eigenvalue weighted by Crippen LogP contribution is -2.42. The average molecular weight is 251 g/mol. The van der Waals surface area contributed by atoms with Crippen LogP contribution in [0.1, 0.15) is 19.3 Å².